The third-order valence-electron chi connectivity index (χ3n) is 4.63. The Kier molecular flexibility index (Phi) is 5.80. The lowest BCUT2D eigenvalue weighted by Gasteiger charge is -2.36. The van der Waals surface area contributed by atoms with Crippen molar-refractivity contribution in [3.05, 3.63) is 77.6 Å². The van der Waals surface area contributed by atoms with Crippen molar-refractivity contribution in [2.24, 2.45) is 0 Å². The summed E-state index contributed by atoms with van der Waals surface area (Å²) in [6, 6.07) is 20.6. The summed E-state index contributed by atoms with van der Waals surface area (Å²) in [6.07, 6.45) is 1.67. The lowest BCUT2D eigenvalue weighted by atomic mass is 10.2. The highest BCUT2D eigenvalue weighted by Gasteiger charge is 2.18. The normalized spacial score (nSPS) is 14.4. The molecule has 0 bridgehead atoms. The van der Waals surface area contributed by atoms with E-state index in [2.05, 4.69) is 62.2 Å². The van der Waals surface area contributed by atoms with Gasteiger partial charge in [-0.1, -0.05) is 41.9 Å². The van der Waals surface area contributed by atoms with Gasteiger partial charge < -0.3 is 9.80 Å². The van der Waals surface area contributed by atoms with Gasteiger partial charge in [0, 0.05) is 48.7 Å². The molecule has 0 N–H and O–H groups in total. The van der Waals surface area contributed by atoms with E-state index in [-0.39, 0.29) is 0 Å². The molecule has 2 aromatic carbocycles. The number of nitrogens with zero attached hydrogens (tertiary/aromatic N) is 4. The van der Waals surface area contributed by atoms with Gasteiger partial charge in [-0.25, -0.2) is 9.97 Å². The predicted molar refractivity (Wildman–Crippen MR) is 114 cm³/mol. The average Bonchev–Trinajstić information content (AvgIpc) is 2.73. The summed E-state index contributed by atoms with van der Waals surface area (Å²) in [6.45, 7) is 3.92. The van der Waals surface area contributed by atoms with Gasteiger partial charge >= 0.3 is 0 Å². The Morgan fingerprint density at radius 2 is 1.63 bits per heavy atom. The zero-order valence-electron chi connectivity index (χ0n) is 15.0. The Morgan fingerprint density at radius 3 is 2.41 bits per heavy atom. The Labute approximate surface area is 169 Å². The highest BCUT2D eigenvalue weighted by atomic mass is 35.5. The zero-order valence-corrected chi connectivity index (χ0v) is 16.5. The van der Waals surface area contributed by atoms with Crippen LogP contribution in [0, 0.1) is 0 Å². The van der Waals surface area contributed by atoms with Gasteiger partial charge in [0.05, 0.1) is 0 Å². The molecule has 138 valence electrons. The van der Waals surface area contributed by atoms with E-state index in [9.17, 15) is 0 Å². The Bertz CT molecular complexity index is 882. The molecule has 1 fully saturated rings. The van der Waals surface area contributed by atoms with Crippen molar-refractivity contribution in [1.29, 1.82) is 0 Å². The maximum Gasteiger partial charge on any atom is 0.133 e. The number of anilines is 2. The molecule has 27 heavy (non-hydrogen) atoms. The molecule has 1 aliphatic heterocycles. The highest BCUT2D eigenvalue weighted by molar-refractivity contribution is 7.98. The fourth-order valence-corrected chi connectivity index (χ4v) is 4.22. The quantitative estimate of drug-likeness (QED) is 0.459. The second-order valence-electron chi connectivity index (χ2n) is 6.44. The van der Waals surface area contributed by atoms with Gasteiger partial charge in [0.1, 0.15) is 17.2 Å². The molecule has 0 atom stereocenters. The molecule has 6 heteroatoms. The maximum absolute atomic E-state index is 6.06. The van der Waals surface area contributed by atoms with E-state index in [1.165, 1.54) is 11.3 Å². The minimum Gasteiger partial charge on any atom is -0.368 e. The molecule has 1 aromatic heterocycles. The van der Waals surface area contributed by atoms with Crippen LogP contribution in [-0.4, -0.2) is 36.1 Å². The van der Waals surface area contributed by atoms with Crippen LogP contribution in [0.1, 0.15) is 5.56 Å². The van der Waals surface area contributed by atoms with Gasteiger partial charge in [-0.3, -0.25) is 0 Å². The van der Waals surface area contributed by atoms with E-state index >= 15 is 0 Å². The highest BCUT2D eigenvalue weighted by Crippen LogP contribution is 2.25. The molecule has 4 rings (SSSR count). The van der Waals surface area contributed by atoms with E-state index < -0.39 is 0 Å². The number of piperazine rings is 1. The van der Waals surface area contributed by atoms with Crippen LogP contribution in [-0.2, 0) is 5.75 Å². The van der Waals surface area contributed by atoms with Gasteiger partial charge in [0.25, 0.3) is 0 Å². The minimum absolute atomic E-state index is 0.771. The van der Waals surface area contributed by atoms with Crippen molar-refractivity contribution >= 4 is 34.9 Å². The van der Waals surface area contributed by atoms with Crippen LogP contribution in [0.4, 0.5) is 11.5 Å². The van der Waals surface area contributed by atoms with Gasteiger partial charge in [-0.15, -0.1) is 11.8 Å². The van der Waals surface area contributed by atoms with Crippen LogP contribution >= 0.6 is 23.4 Å². The van der Waals surface area contributed by atoms with E-state index in [1.54, 1.807) is 18.1 Å². The van der Waals surface area contributed by atoms with Crippen LogP contribution < -0.4 is 9.80 Å². The molecule has 2 heterocycles. The van der Waals surface area contributed by atoms with E-state index in [0.29, 0.717) is 0 Å². The zero-order chi connectivity index (χ0) is 18.5. The molecule has 0 saturated carbocycles. The second-order valence-corrected chi connectivity index (χ2v) is 7.87. The molecule has 1 saturated heterocycles. The van der Waals surface area contributed by atoms with Crippen LogP contribution in [0.25, 0.3) is 0 Å². The smallest absolute Gasteiger partial charge is 0.133 e. The first kappa shape index (κ1) is 18.1. The summed E-state index contributed by atoms with van der Waals surface area (Å²) < 4.78 is 0. The lowest BCUT2D eigenvalue weighted by Crippen LogP contribution is -2.46. The summed E-state index contributed by atoms with van der Waals surface area (Å²) in [5.74, 6) is 1.85. The Hall–Kier alpha value is -2.24. The van der Waals surface area contributed by atoms with Crippen LogP contribution in [0.2, 0.25) is 5.02 Å². The Balaban J connectivity index is 1.37. The molecule has 0 aliphatic carbocycles. The topological polar surface area (TPSA) is 32.3 Å². The molecule has 1 aliphatic rings. The third-order valence-corrected chi connectivity index (χ3v) is 5.86. The van der Waals surface area contributed by atoms with Gasteiger partial charge in [0.15, 0.2) is 0 Å². The van der Waals surface area contributed by atoms with E-state index in [1.807, 2.05) is 18.2 Å². The fourth-order valence-electron chi connectivity index (χ4n) is 3.20. The monoisotopic (exact) mass is 396 g/mol. The largest absolute Gasteiger partial charge is 0.368 e. The maximum atomic E-state index is 6.06. The van der Waals surface area contributed by atoms with Crippen molar-refractivity contribution in [1.82, 2.24) is 9.97 Å². The van der Waals surface area contributed by atoms with Gasteiger partial charge in [0.2, 0.25) is 0 Å². The molecule has 0 unspecified atom stereocenters. The first-order valence-corrected chi connectivity index (χ1v) is 10.4. The number of thioether (sulfide) groups is 1. The third kappa shape index (κ3) is 4.73. The summed E-state index contributed by atoms with van der Waals surface area (Å²) in [4.78, 5) is 13.7. The molecule has 0 radical (unpaired) electrons. The van der Waals surface area contributed by atoms with Crippen LogP contribution in [0.3, 0.4) is 0 Å². The summed E-state index contributed by atoms with van der Waals surface area (Å²) in [5, 5.41) is 1.76. The number of para-hydroxylation sites is 1. The number of rotatable bonds is 5. The van der Waals surface area contributed by atoms with Crippen molar-refractivity contribution in [2.75, 3.05) is 36.0 Å². The molecule has 0 spiro atoms. The molecular weight excluding hydrogens is 376 g/mol. The SMILES string of the molecule is Clc1cccc(CSc2cc(N3CCN(c4ccccc4)CC3)ncn2)c1. The molecule has 3 aromatic rings. The molecular formula is C21H21ClN4S. The van der Waals surface area contributed by atoms with Crippen LogP contribution in [0.15, 0.2) is 72.0 Å². The second kappa shape index (κ2) is 8.63. The van der Waals surface area contributed by atoms with Crippen molar-refractivity contribution in [3.8, 4) is 0 Å². The number of benzene rings is 2. The van der Waals surface area contributed by atoms with E-state index in [0.717, 1.165) is 47.8 Å². The number of hydrogen-bond acceptors (Lipinski definition) is 5. The lowest BCUT2D eigenvalue weighted by molar-refractivity contribution is 0.645. The predicted octanol–water partition coefficient (Wildman–Crippen LogP) is 4.75. The first-order chi connectivity index (χ1) is 13.3. The number of hydrogen-bond donors (Lipinski definition) is 0. The standard InChI is InChI=1S/C21H21ClN4S/c22-18-6-4-5-17(13-18)15-27-21-14-20(23-16-24-21)26-11-9-25(10-12-26)19-7-2-1-3-8-19/h1-8,13-14,16H,9-12,15H2. The van der Waals surface area contributed by atoms with Gasteiger partial charge in [-0.2, -0.15) is 0 Å². The van der Waals surface area contributed by atoms with Gasteiger partial charge in [-0.05, 0) is 29.8 Å². The van der Waals surface area contributed by atoms with Crippen molar-refractivity contribution < 1.29 is 0 Å². The molecule has 4 nitrogen and oxygen atoms in total. The molecule has 0 amide bonds. The summed E-state index contributed by atoms with van der Waals surface area (Å²) >= 11 is 7.77. The minimum atomic E-state index is 0.771. The van der Waals surface area contributed by atoms with Crippen molar-refractivity contribution in [2.45, 2.75) is 10.8 Å². The summed E-state index contributed by atoms with van der Waals surface area (Å²) in [7, 11) is 0. The van der Waals surface area contributed by atoms with Crippen molar-refractivity contribution in [3.63, 3.8) is 0 Å². The Morgan fingerprint density at radius 1 is 0.852 bits per heavy atom. The fraction of sp³-hybridized carbons (Fsp3) is 0.238. The van der Waals surface area contributed by atoms with E-state index in [4.69, 9.17) is 11.6 Å². The number of aromatic nitrogens is 2. The average molecular weight is 397 g/mol. The summed E-state index contributed by atoms with van der Waals surface area (Å²) in [5.41, 5.74) is 2.49. The number of halogens is 1. The first-order valence-electron chi connectivity index (χ1n) is 9.02. The van der Waals surface area contributed by atoms with Crippen LogP contribution in [0.5, 0.6) is 0 Å².